The number of esters is 2. The first-order valence-electron chi connectivity index (χ1n) is 9.31. The summed E-state index contributed by atoms with van der Waals surface area (Å²) in [4.78, 5) is 37.7. The van der Waals surface area contributed by atoms with Gasteiger partial charge >= 0.3 is 17.1 Å². The van der Waals surface area contributed by atoms with Crippen LogP contribution in [-0.2, 0) is 20.8 Å². The Morgan fingerprint density at radius 2 is 1.71 bits per heavy atom. The van der Waals surface area contributed by atoms with Crippen LogP contribution in [0.5, 0.6) is 0 Å². The number of para-hydroxylation sites is 1. The fourth-order valence-corrected chi connectivity index (χ4v) is 5.00. The number of nitrogens with one attached hydrogen (secondary N) is 1. The van der Waals surface area contributed by atoms with Gasteiger partial charge in [-0.3, -0.25) is 10.5 Å². The number of rotatable bonds is 7. The van der Waals surface area contributed by atoms with E-state index in [0.29, 0.717) is 10.7 Å². The number of anilines is 2. The molecule has 2 aromatic heterocycles. The lowest BCUT2D eigenvalue weighted by atomic mass is 10.1. The van der Waals surface area contributed by atoms with Crippen LogP contribution in [0.2, 0.25) is 0 Å². The molecule has 0 aliphatic carbocycles. The van der Waals surface area contributed by atoms with Crippen molar-refractivity contribution in [2.45, 2.75) is 27.3 Å². The maximum absolute atomic E-state index is 12.8. The van der Waals surface area contributed by atoms with E-state index >= 15 is 0 Å². The molecule has 0 aliphatic heterocycles. The minimum absolute atomic E-state index is 0. The number of aromatic nitrogens is 1. The molecule has 0 fully saturated rings. The Kier molecular flexibility index (Phi) is 8.37. The van der Waals surface area contributed by atoms with Gasteiger partial charge in [-0.2, -0.15) is 0 Å². The van der Waals surface area contributed by atoms with Gasteiger partial charge < -0.3 is 27.2 Å². The number of amides is 1. The third kappa shape index (κ3) is 5.15. The summed E-state index contributed by atoms with van der Waals surface area (Å²) in [6, 6.07) is 7.58. The van der Waals surface area contributed by atoms with Gasteiger partial charge in [0.15, 0.2) is 6.54 Å². The Hall–Kier alpha value is -2.69. The highest BCUT2D eigenvalue weighted by atomic mass is 35.5. The third-order valence-corrected chi connectivity index (χ3v) is 6.46. The lowest BCUT2D eigenvalue weighted by Crippen LogP contribution is -3.00. The van der Waals surface area contributed by atoms with E-state index in [1.807, 2.05) is 24.3 Å². The third-order valence-electron chi connectivity index (χ3n) is 4.28. The molecule has 0 aliphatic rings. The van der Waals surface area contributed by atoms with E-state index in [0.717, 1.165) is 21.6 Å². The maximum atomic E-state index is 12.8. The lowest BCUT2D eigenvalue weighted by molar-refractivity contribution is -0.639. The van der Waals surface area contributed by atoms with E-state index in [9.17, 15) is 14.4 Å². The van der Waals surface area contributed by atoms with Crippen molar-refractivity contribution in [2.24, 2.45) is 0 Å². The van der Waals surface area contributed by atoms with Crippen LogP contribution in [0.1, 0.15) is 39.4 Å². The fraction of sp³-hybridized carbons (Fsp3) is 0.300. The van der Waals surface area contributed by atoms with Crippen LogP contribution in [0, 0.1) is 6.92 Å². The molecule has 31 heavy (non-hydrogen) atoms. The Bertz CT molecular complexity index is 1130. The van der Waals surface area contributed by atoms with Crippen molar-refractivity contribution in [2.75, 3.05) is 24.3 Å². The average molecular weight is 484 g/mol. The number of nitrogens with zero attached hydrogens (tertiary/aromatic N) is 1. The molecule has 1 aromatic carbocycles. The molecule has 0 bridgehead atoms. The number of nitrogens with two attached hydrogens (primary N) is 1. The number of carbonyl (C=O) groups is 3. The summed E-state index contributed by atoms with van der Waals surface area (Å²) in [5.41, 5.74) is 7.50. The number of nitrogen functional groups attached to an aromatic ring is 1. The molecule has 1 amide bonds. The molecule has 0 radical (unpaired) electrons. The first-order valence-corrected chi connectivity index (χ1v) is 10.9. The number of fused-ring (bicyclic) bond motifs is 1. The van der Waals surface area contributed by atoms with E-state index < -0.39 is 11.9 Å². The number of thiophene rings is 1. The van der Waals surface area contributed by atoms with Crippen LogP contribution < -0.4 is 28.0 Å². The molecule has 166 valence electrons. The molecule has 0 saturated carbocycles. The predicted molar refractivity (Wildman–Crippen MR) is 116 cm³/mol. The van der Waals surface area contributed by atoms with Crippen LogP contribution in [0.3, 0.4) is 0 Å². The smallest absolute Gasteiger partial charge is 0.348 e. The molecular weight excluding hydrogens is 462 g/mol. The Labute approximate surface area is 193 Å². The van der Waals surface area contributed by atoms with Gasteiger partial charge in [0, 0.05) is 0 Å². The number of carbonyl (C=O) groups excluding carboxylic acids is 3. The topological polar surface area (TPSA) is 112 Å². The second kappa shape index (κ2) is 10.6. The monoisotopic (exact) mass is 483 g/mol. The summed E-state index contributed by atoms with van der Waals surface area (Å²) in [5, 5.41) is 3.48. The van der Waals surface area contributed by atoms with Crippen molar-refractivity contribution in [3.63, 3.8) is 0 Å². The van der Waals surface area contributed by atoms with Gasteiger partial charge in [0.2, 0.25) is 0 Å². The van der Waals surface area contributed by atoms with Crippen LogP contribution in [0.25, 0.3) is 10.2 Å². The molecule has 3 N–H and O–H groups in total. The zero-order valence-corrected chi connectivity index (χ0v) is 19.6. The van der Waals surface area contributed by atoms with Crippen LogP contribution in [0.4, 0.5) is 10.1 Å². The summed E-state index contributed by atoms with van der Waals surface area (Å²) in [6.07, 6.45) is 0. The minimum atomic E-state index is -0.606. The van der Waals surface area contributed by atoms with Crippen molar-refractivity contribution in [1.82, 2.24) is 0 Å². The average Bonchev–Trinajstić information content (AvgIpc) is 3.19. The molecular formula is C20H22ClN3O5S2. The van der Waals surface area contributed by atoms with Crippen LogP contribution in [0.15, 0.2) is 24.3 Å². The van der Waals surface area contributed by atoms with Crippen molar-refractivity contribution >= 4 is 60.9 Å². The fourth-order valence-electron chi connectivity index (χ4n) is 2.97. The number of hydrogen-bond acceptors (Lipinski definition) is 8. The highest BCUT2D eigenvalue weighted by molar-refractivity contribution is 7.21. The van der Waals surface area contributed by atoms with Crippen molar-refractivity contribution < 1.29 is 40.8 Å². The number of thiazole rings is 1. The second-order valence-corrected chi connectivity index (χ2v) is 8.33. The molecule has 8 nitrogen and oxygen atoms in total. The number of ether oxygens (including phenoxy) is 2. The SMILES string of the molecule is CCOC(=O)c1sc(NC(=O)C[n+]2c(N)sc3ccccc32)c(C(=O)OCC)c1C.[Cl-]. The van der Waals surface area contributed by atoms with Crippen molar-refractivity contribution in [3.8, 4) is 0 Å². The van der Waals surface area contributed by atoms with Gasteiger partial charge in [0.05, 0.1) is 23.5 Å². The first-order chi connectivity index (χ1) is 14.4. The predicted octanol–water partition coefficient (Wildman–Crippen LogP) is 0.137. The largest absolute Gasteiger partial charge is 1.00 e. The molecule has 0 unspecified atom stereocenters. The van der Waals surface area contributed by atoms with Gasteiger partial charge in [-0.05, 0) is 49.8 Å². The molecule has 2 heterocycles. The zero-order valence-electron chi connectivity index (χ0n) is 17.2. The first kappa shape index (κ1) is 24.6. The van der Waals surface area contributed by atoms with Gasteiger partial charge in [0.1, 0.15) is 15.4 Å². The van der Waals surface area contributed by atoms with Crippen LogP contribution in [-0.4, -0.2) is 31.1 Å². The molecule has 0 atom stereocenters. The van der Waals surface area contributed by atoms with Crippen molar-refractivity contribution in [3.05, 3.63) is 40.3 Å². The zero-order chi connectivity index (χ0) is 21.8. The van der Waals surface area contributed by atoms with E-state index in [1.165, 1.54) is 11.3 Å². The van der Waals surface area contributed by atoms with Gasteiger partial charge in [-0.15, -0.1) is 11.3 Å². The molecule has 11 heteroatoms. The summed E-state index contributed by atoms with van der Waals surface area (Å²) in [7, 11) is 0. The van der Waals surface area contributed by atoms with Crippen LogP contribution >= 0.6 is 22.7 Å². The quantitative estimate of drug-likeness (QED) is 0.365. The Morgan fingerprint density at radius 1 is 1.06 bits per heavy atom. The Morgan fingerprint density at radius 3 is 2.39 bits per heavy atom. The van der Waals surface area contributed by atoms with Gasteiger partial charge in [-0.25, -0.2) is 14.2 Å². The molecule has 0 spiro atoms. The normalized spacial score (nSPS) is 10.4. The maximum Gasteiger partial charge on any atom is 0.348 e. The number of halogens is 1. The molecule has 3 aromatic rings. The van der Waals surface area contributed by atoms with E-state index in [2.05, 4.69) is 5.32 Å². The number of benzene rings is 1. The highest BCUT2D eigenvalue weighted by Crippen LogP contribution is 2.34. The summed E-state index contributed by atoms with van der Waals surface area (Å²) < 4.78 is 12.8. The molecule has 0 saturated heterocycles. The Balaban J connectivity index is 0.00000341. The standard InChI is InChI=1S/C20H21N3O5S2.ClH/c1-4-27-18(25)15-11(3)16(19(26)28-5-2)30-17(15)22-14(24)10-23-12-8-6-7-9-13(12)29-20(23)21;/h6-9,21H,4-5,10H2,1-3H3,(H,22,24,25,26);1H. The van der Waals surface area contributed by atoms with Crippen molar-refractivity contribution in [1.29, 1.82) is 0 Å². The van der Waals surface area contributed by atoms with E-state index in [4.69, 9.17) is 15.2 Å². The minimum Gasteiger partial charge on any atom is -1.00 e. The lowest BCUT2D eigenvalue weighted by Gasteiger charge is -2.07. The highest BCUT2D eigenvalue weighted by Gasteiger charge is 2.28. The second-order valence-electron chi connectivity index (χ2n) is 6.24. The summed E-state index contributed by atoms with van der Waals surface area (Å²) in [6.45, 7) is 5.35. The summed E-state index contributed by atoms with van der Waals surface area (Å²) >= 11 is 2.38. The van der Waals surface area contributed by atoms with E-state index in [-0.39, 0.29) is 53.5 Å². The summed E-state index contributed by atoms with van der Waals surface area (Å²) in [5.74, 6) is -1.53. The van der Waals surface area contributed by atoms with E-state index in [1.54, 1.807) is 25.3 Å². The number of hydrogen-bond donors (Lipinski definition) is 2. The van der Waals surface area contributed by atoms with Gasteiger partial charge in [0.25, 0.3) is 5.91 Å². The van der Waals surface area contributed by atoms with Gasteiger partial charge in [-0.1, -0.05) is 12.1 Å². The molecule has 3 rings (SSSR count).